The van der Waals surface area contributed by atoms with Crippen molar-refractivity contribution in [1.29, 1.82) is 0 Å². The Bertz CT molecular complexity index is 1080. The van der Waals surface area contributed by atoms with Crippen molar-refractivity contribution in [2.75, 3.05) is 45.7 Å². The number of amides is 1. The van der Waals surface area contributed by atoms with Gasteiger partial charge in [-0.2, -0.15) is 0 Å². The summed E-state index contributed by atoms with van der Waals surface area (Å²) in [6.07, 6.45) is 6.33. The molecule has 0 atom stereocenters. The first-order valence-electron chi connectivity index (χ1n) is 11.1. The Morgan fingerprint density at radius 1 is 1.16 bits per heavy atom. The van der Waals surface area contributed by atoms with Crippen LogP contribution in [-0.4, -0.2) is 78.2 Å². The fourth-order valence-electron chi connectivity index (χ4n) is 4.83. The van der Waals surface area contributed by atoms with Crippen LogP contribution in [0.3, 0.4) is 0 Å². The van der Waals surface area contributed by atoms with Crippen LogP contribution in [0, 0.1) is 0 Å². The normalized spacial score (nSPS) is 22.6. The summed E-state index contributed by atoms with van der Waals surface area (Å²) in [5.74, 6) is 0.898. The van der Waals surface area contributed by atoms with Crippen molar-refractivity contribution in [3.8, 4) is 0 Å². The van der Waals surface area contributed by atoms with Gasteiger partial charge in [0.2, 0.25) is 0 Å². The first-order valence-corrected chi connectivity index (χ1v) is 11.9. The molecule has 0 radical (unpaired) electrons. The van der Waals surface area contributed by atoms with Gasteiger partial charge in [0.05, 0.1) is 18.6 Å². The molecular weight excluding hydrogens is 410 g/mol. The van der Waals surface area contributed by atoms with Crippen molar-refractivity contribution in [2.45, 2.75) is 37.8 Å². The Labute approximate surface area is 186 Å². The van der Waals surface area contributed by atoms with Gasteiger partial charge in [0.1, 0.15) is 17.0 Å². The van der Waals surface area contributed by atoms with Gasteiger partial charge in [-0.15, -0.1) is 11.3 Å². The number of carbonyl (C=O) groups is 1. The summed E-state index contributed by atoms with van der Waals surface area (Å²) in [7, 11) is 3.56. The third-order valence-electron chi connectivity index (χ3n) is 6.52. The maximum Gasteiger partial charge on any atom is 0.253 e. The highest BCUT2D eigenvalue weighted by Gasteiger charge is 2.27. The highest BCUT2D eigenvalue weighted by atomic mass is 32.1. The van der Waals surface area contributed by atoms with Crippen LogP contribution in [0.4, 0.5) is 5.82 Å². The second-order valence-corrected chi connectivity index (χ2v) is 9.74. The SMILES string of the molecule is CN(C)C(=O)c1ccc2sc3ncnc(N[C@H]4CC[C@H](N5CCOCC5)CC4)c3c2c1. The Balaban J connectivity index is 1.38. The van der Waals surface area contributed by atoms with Crippen LogP contribution < -0.4 is 5.32 Å². The minimum absolute atomic E-state index is 0.00837. The van der Waals surface area contributed by atoms with E-state index >= 15 is 0 Å². The Morgan fingerprint density at radius 2 is 1.94 bits per heavy atom. The average molecular weight is 440 g/mol. The van der Waals surface area contributed by atoms with Gasteiger partial charge in [-0.1, -0.05) is 0 Å². The second-order valence-electron chi connectivity index (χ2n) is 8.71. The molecule has 8 heteroatoms. The fourth-order valence-corrected chi connectivity index (χ4v) is 5.85. The molecule has 164 valence electrons. The molecule has 1 aromatic carbocycles. The van der Waals surface area contributed by atoms with Gasteiger partial charge in [-0.25, -0.2) is 9.97 Å². The third-order valence-corrected chi connectivity index (χ3v) is 7.60. The molecule has 2 fully saturated rings. The summed E-state index contributed by atoms with van der Waals surface area (Å²) in [4.78, 5) is 26.8. The van der Waals surface area contributed by atoms with E-state index in [2.05, 4.69) is 20.2 Å². The van der Waals surface area contributed by atoms with Gasteiger partial charge in [0, 0.05) is 54.9 Å². The minimum atomic E-state index is 0.00837. The lowest BCUT2D eigenvalue weighted by Crippen LogP contribution is -2.46. The van der Waals surface area contributed by atoms with Crippen molar-refractivity contribution < 1.29 is 9.53 Å². The quantitative estimate of drug-likeness (QED) is 0.670. The van der Waals surface area contributed by atoms with Crippen LogP contribution >= 0.6 is 11.3 Å². The smallest absolute Gasteiger partial charge is 0.253 e. The third kappa shape index (κ3) is 4.12. The van der Waals surface area contributed by atoms with Crippen LogP contribution in [0.5, 0.6) is 0 Å². The van der Waals surface area contributed by atoms with E-state index in [1.54, 1.807) is 36.7 Å². The summed E-state index contributed by atoms with van der Waals surface area (Å²) >= 11 is 1.65. The molecule has 1 N–H and O–H groups in total. The number of hydrogen-bond donors (Lipinski definition) is 1. The molecule has 1 saturated heterocycles. The van der Waals surface area contributed by atoms with Crippen LogP contribution in [0.25, 0.3) is 20.3 Å². The standard InChI is InChI=1S/C23H29N5O2S/c1-27(2)23(29)15-3-8-19-18(13-15)20-21(24-14-25-22(20)31-19)26-16-4-6-17(7-5-16)28-9-11-30-12-10-28/h3,8,13-14,16-17H,4-7,9-12H2,1-2H3,(H,24,25,26)/t16-,17-. The molecule has 1 saturated carbocycles. The van der Waals surface area contributed by atoms with Gasteiger partial charge < -0.3 is 15.0 Å². The number of nitrogens with zero attached hydrogens (tertiary/aromatic N) is 4. The van der Waals surface area contributed by atoms with E-state index in [0.717, 1.165) is 65.3 Å². The Morgan fingerprint density at radius 3 is 2.68 bits per heavy atom. The molecule has 3 aromatic rings. The van der Waals surface area contributed by atoms with Crippen molar-refractivity contribution in [1.82, 2.24) is 19.8 Å². The zero-order valence-corrected chi connectivity index (χ0v) is 19.0. The molecule has 3 heterocycles. The summed E-state index contributed by atoms with van der Waals surface area (Å²) in [5, 5.41) is 5.80. The van der Waals surface area contributed by atoms with E-state index < -0.39 is 0 Å². The molecule has 0 unspecified atom stereocenters. The number of nitrogens with one attached hydrogen (secondary N) is 1. The van der Waals surface area contributed by atoms with Gasteiger partial charge in [-0.05, 0) is 43.9 Å². The summed E-state index contributed by atoms with van der Waals surface area (Å²) in [6.45, 7) is 3.84. The van der Waals surface area contributed by atoms with Gasteiger partial charge >= 0.3 is 0 Å². The predicted octanol–water partition coefficient (Wildman–Crippen LogP) is 3.60. The number of carbonyl (C=O) groups excluding carboxylic acids is 1. The zero-order valence-electron chi connectivity index (χ0n) is 18.1. The lowest BCUT2D eigenvalue weighted by molar-refractivity contribution is 0.00791. The molecule has 2 aliphatic rings. The van der Waals surface area contributed by atoms with Gasteiger partial charge in [0.15, 0.2) is 0 Å². The molecule has 1 aliphatic carbocycles. The number of benzene rings is 1. The fraction of sp³-hybridized carbons (Fsp3) is 0.522. The van der Waals surface area contributed by atoms with Crippen LogP contribution in [0.15, 0.2) is 24.5 Å². The van der Waals surface area contributed by atoms with Crippen molar-refractivity contribution in [3.05, 3.63) is 30.1 Å². The topological polar surface area (TPSA) is 70.6 Å². The number of morpholine rings is 1. The molecule has 1 aliphatic heterocycles. The minimum Gasteiger partial charge on any atom is -0.379 e. The van der Waals surface area contributed by atoms with Crippen LogP contribution in [0.2, 0.25) is 0 Å². The van der Waals surface area contributed by atoms with Crippen molar-refractivity contribution >= 4 is 43.4 Å². The highest BCUT2D eigenvalue weighted by molar-refractivity contribution is 7.25. The van der Waals surface area contributed by atoms with E-state index in [-0.39, 0.29) is 5.91 Å². The van der Waals surface area contributed by atoms with Crippen LogP contribution in [0.1, 0.15) is 36.0 Å². The molecular formula is C23H29N5O2S. The summed E-state index contributed by atoms with van der Waals surface area (Å²) in [5.41, 5.74) is 0.693. The number of aromatic nitrogens is 2. The van der Waals surface area contributed by atoms with Gasteiger partial charge in [0.25, 0.3) is 5.91 Å². The Kier molecular flexibility index (Phi) is 5.77. The first kappa shape index (κ1) is 20.6. The van der Waals surface area contributed by atoms with Gasteiger partial charge in [-0.3, -0.25) is 9.69 Å². The number of ether oxygens (including phenoxy) is 1. The van der Waals surface area contributed by atoms with Crippen molar-refractivity contribution in [3.63, 3.8) is 0 Å². The number of thiophene rings is 1. The average Bonchev–Trinajstić information content (AvgIpc) is 3.18. The second kappa shape index (κ2) is 8.68. The maximum absolute atomic E-state index is 12.5. The zero-order chi connectivity index (χ0) is 21.4. The lowest BCUT2D eigenvalue weighted by atomic mass is 9.90. The molecule has 1 amide bonds. The van der Waals surface area contributed by atoms with Crippen molar-refractivity contribution in [2.24, 2.45) is 0 Å². The molecule has 5 rings (SSSR count). The highest BCUT2D eigenvalue weighted by Crippen LogP contribution is 2.37. The van der Waals surface area contributed by atoms with E-state index in [4.69, 9.17) is 4.74 Å². The molecule has 7 nitrogen and oxygen atoms in total. The molecule has 2 aromatic heterocycles. The van der Waals surface area contributed by atoms with E-state index in [1.807, 2.05) is 18.2 Å². The number of hydrogen-bond acceptors (Lipinski definition) is 7. The Hall–Kier alpha value is -2.29. The molecule has 31 heavy (non-hydrogen) atoms. The molecule has 0 bridgehead atoms. The summed E-state index contributed by atoms with van der Waals surface area (Å²) < 4.78 is 6.63. The van der Waals surface area contributed by atoms with E-state index in [1.165, 1.54) is 12.8 Å². The summed E-state index contributed by atoms with van der Waals surface area (Å²) in [6, 6.07) is 7.00. The maximum atomic E-state index is 12.5. The lowest BCUT2D eigenvalue weighted by Gasteiger charge is -2.39. The number of fused-ring (bicyclic) bond motifs is 3. The van der Waals surface area contributed by atoms with E-state index in [9.17, 15) is 4.79 Å². The largest absolute Gasteiger partial charge is 0.379 e. The van der Waals surface area contributed by atoms with E-state index in [0.29, 0.717) is 17.6 Å². The predicted molar refractivity (Wildman–Crippen MR) is 125 cm³/mol. The monoisotopic (exact) mass is 439 g/mol. The molecule has 0 spiro atoms. The first-order chi connectivity index (χ1) is 15.1. The van der Waals surface area contributed by atoms with Crippen LogP contribution in [-0.2, 0) is 4.74 Å². The number of anilines is 1. The number of rotatable bonds is 4.